The van der Waals surface area contributed by atoms with E-state index in [1.165, 1.54) is 6.92 Å². The Balaban J connectivity index is 2.25. The Morgan fingerprint density at radius 1 is 1.26 bits per heavy atom. The lowest BCUT2D eigenvalue weighted by Crippen LogP contribution is -2.36. The summed E-state index contributed by atoms with van der Waals surface area (Å²) in [5.74, 6) is -0.161. The molecule has 2 rings (SSSR count). The van der Waals surface area contributed by atoms with Gasteiger partial charge in [-0.15, -0.1) is 0 Å². The van der Waals surface area contributed by atoms with Crippen LogP contribution in [-0.2, 0) is 4.74 Å². The van der Waals surface area contributed by atoms with Crippen LogP contribution in [0.25, 0.3) is 0 Å². The van der Waals surface area contributed by atoms with Gasteiger partial charge in [-0.1, -0.05) is 18.2 Å². The maximum atomic E-state index is 12.5. The number of carbonyl (C=O) groups is 2. The number of ether oxygens (including phenoxy) is 1. The van der Waals surface area contributed by atoms with Crippen LogP contribution in [0.2, 0.25) is 0 Å². The van der Waals surface area contributed by atoms with E-state index in [0.29, 0.717) is 30.8 Å². The predicted octanol–water partition coefficient (Wildman–Crippen LogP) is 2.14. The van der Waals surface area contributed by atoms with Gasteiger partial charge >= 0.3 is 0 Å². The highest BCUT2D eigenvalue weighted by atomic mass is 16.5. The van der Waals surface area contributed by atoms with Gasteiger partial charge in [-0.05, 0) is 26.3 Å². The second-order valence-electron chi connectivity index (χ2n) is 4.89. The zero-order chi connectivity index (χ0) is 13.8. The number of rotatable bonds is 2. The standard InChI is InChI=1S/C15H19NO3/c1-11-10-16(8-5-9-19-11)15(18)14-7-4-3-6-13(14)12(2)17/h3-4,6-7,11H,5,8-10H2,1-2H3/t11-/m1/s1. The monoisotopic (exact) mass is 261 g/mol. The van der Waals surface area contributed by atoms with E-state index in [1.54, 1.807) is 29.2 Å². The molecule has 0 spiro atoms. The first-order chi connectivity index (χ1) is 9.09. The smallest absolute Gasteiger partial charge is 0.254 e. The number of nitrogens with zero attached hydrogens (tertiary/aromatic N) is 1. The van der Waals surface area contributed by atoms with Gasteiger partial charge in [0.25, 0.3) is 5.91 Å². The summed E-state index contributed by atoms with van der Waals surface area (Å²) in [4.78, 5) is 25.9. The highest BCUT2D eigenvalue weighted by Gasteiger charge is 2.23. The lowest BCUT2D eigenvalue weighted by molar-refractivity contribution is 0.0561. The minimum absolute atomic E-state index is 0.0379. The molecular formula is C15H19NO3. The first-order valence-electron chi connectivity index (χ1n) is 6.60. The molecule has 0 saturated carbocycles. The molecule has 1 aliphatic rings. The van der Waals surface area contributed by atoms with Crippen molar-refractivity contribution in [2.45, 2.75) is 26.4 Å². The summed E-state index contributed by atoms with van der Waals surface area (Å²) in [5, 5.41) is 0. The van der Waals surface area contributed by atoms with E-state index in [1.807, 2.05) is 6.92 Å². The average Bonchev–Trinajstić information content (AvgIpc) is 2.62. The van der Waals surface area contributed by atoms with Crippen LogP contribution >= 0.6 is 0 Å². The number of hydrogen-bond acceptors (Lipinski definition) is 3. The molecule has 0 aromatic heterocycles. The fraction of sp³-hybridized carbons (Fsp3) is 0.467. The third kappa shape index (κ3) is 3.20. The first-order valence-corrected chi connectivity index (χ1v) is 6.60. The molecule has 1 aromatic rings. The molecule has 1 aromatic carbocycles. The third-order valence-electron chi connectivity index (χ3n) is 3.28. The van der Waals surface area contributed by atoms with Crippen LogP contribution in [0.3, 0.4) is 0 Å². The van der Waals surface area contributed by atoms with E-state index in [0.717, 1.165) is 6.42 Å². The second-order valence-corrected chi connectivity index (χ2v) is 4.89. The van der Waals surface area contributed by atoms with E-state index in [-0.39, 0.29) is 17.8 Å². The lowest BCUT2D eigenvalue weighted by atomic mass is 10.0. The van der Waals surface area contributed by atoms with Gasteiger partial charge in [-0.3, -0.25) is 9.59 Å². The average molecular weight is 261 g/mol. The van der Waals surface area contributed by atoms with Crippen LogP contribution in [0.5, 0.6) is 0 Å². The molecule has 1 saturated heterocycles. The van der Waals surface area contributed by atoms with Crippen molar-refractivity contribution in [1.82, 2.24) is 4.90 Å². The Morgan fingerprint density at radius 3 is 2.63 bits per heavy atom. The molecule has 1 fully saturated rings. The van der Waals surface area contributed by atoms with Crippen molar-refractivity contribution in [2.24, 2.45) is 0 Å². The SMILES string of the molecule is CC(=O)c1ccccc1C(=O)N1CCCO[C@H](C)C1. The zero-order valence-electron chi connectivity index (χ0n) is 11.4. The van der Waals surface area contributed by atoms with Crippen molar-refractivity contribution < 1.29 is 14.3 Å². The van der Waals surface area contributed by atoms with Crippen molar-refractivity contribution >= 4 is 11.7 Å². The number of carbonyl (C=O) groups excluding carboxylic acids is 2. The maximum Gasteiger partial charge on any atom is 0.254 e. The molecular weight excluding hydrogens is 242 g/mol. The third-order valence-corrected chi connectivity index (χ3v) is 3.28. The Kier molecular flexibility index (Phi) is 4.32. The molecule has 4 nitrogen and oxygen atoms in total. The molecule has 19 heavy (non-hydrogen) atoms. The maximum absolute atomic E-state index is 12.5. The molecule has 0 radical (unpaired) electrons. The minimum Gasteiger partial charge on any atom is -0.377 e. The fourth-order valence-electron chi connectivity index (χ4n) is 2.33. The van der Waals surface area contributed by atoms with E-state index in [9.17, 15) is 9.59 Å². The van der Waals surface area contributed by atoms with Crippen LogP contribution < -0.4 is 0 Å². The van der Waals surface area contributed by atoms with Crippen molar-refractivity contribution in [3.8, 4) is 0 Å². The van der Waals surface area contributed by atoms with Crippen molar-refractivity contribution in [2.75, 3.05) is 19.7 Å². The highest BCUT2D eigenvalue weighted by molar-refractivity contribution is 6.07. The normalized spacial score (nSPS) is 19.9. The summed E-state index contributed by atoms with van der Waals surface area (Å²) in [6.07, 6.45) is 0.870. The van der Waals surface area contributed by atoms with Gasteiger partial charge < -0.3 is 9.64 Å². The summed E-state index contributed by atoms with van der Waals surface area (Å²) in [7, 11) is 0. The van der Waals surface area contributed by atoms with Gasteiger partial charge in [-0.2, -0.15) is 0 Å². The largest absolute Gasteiger partial charge is 0.377 e. The molecule has 0 unspecified atom stereocenters. The Bertz CT molecular complexity index is 484. The van der Waals surface area contributed by atoms with E-state index in [4.69, 9.17) is 4.74 Å². The molecule has 0 aliphatic carbocycles. The molecule has 1 heterocycles. The van der Waals surface area contributed by atoms with Crippen LogP contribution in [0.4, 0.5) is 0 Å². The summed E-state index contributed by atoms with van der Waals surface area (Å²) < 4.78 is 5.54. The molecule has 4 heteroatoms. The number of Topliss-reactive ketones (excluding diaryl/α,β-unsaturated/α-hetero) is 1. The quantitative estimate of drug-likeness (QED) is 0.766. The Hall–Kier alpha value is -1.68. The summed E-state index contributed by atoms with van der Waals surface area (Å²) >= 11 is 0. The summed E-state index contributed by atoms with van der Waals surface area (Å²) in [5.41, 5.74) is 0.981. The second kappa shape index (κ2) is 5.97. The highest BCUT2D eigenvalue weighted by Crippen LogP contribution is 2.15. The number of ketones is 1. The van der Waals surface area contributed by atoms with Gasteiger partial charge in [0.05, 0.1) is 11.7 Å². The summed E-state index contributed by atoms with van der Waals surface area (Å²) in [6, 6.07) is 6.99. The van der Waals surface area contributed by atoms with Crippen LogP contribution in [-0.4, -0.2) is 42.4 Å². The minimum atomic E-state index is -0.0805. The van der Waals surface area contributed by atoms with Gasteiger partial charge in [0.1, 0.15) is 0 Å². The number of benzene rings is 1. The van der Waals surface area contributed by atoms with Crippen LogP contribution in [0.1, 0.15) is 41.0 Å². The van der Waals surface area contributed by atoms with Gasteiger partial charge in [0, 0.05) is 25.3 Å². The topological polar surface area (TPSA) is 46.6 Å². The zero-order valence-corrected chi connectivity index (χ0v) is 11.4. The van der Waals surface area contributed by atoms with E-state index in [2.05, 4.69) is 0 Å². The molecule has 0 bridgehead atoms. The Labute approximate surface area is 113 Å². The summed E-state index contributed by atoms with van der Waals surface area (Å²) in [6.45, 7) is 5.38. The number of hydrogen-bond donors (Lipinski definition) is 0. The molecule has 0 N–H and O–H groups in total. The van der Waals surface area contributed by atoms with Crippen LogP contribution in [0.15, 0.2) is 24.3 Å². The molecule has 1 aliphatic heterocycles. The molecule has 102 valence electrons. The van der Waals surface area contributed by atoms with Crippen molar-refractivity contribution in [1.29, 1.82) is 0 Å². The van der Waals surface area contributed by atoms with Crippen molar-refractivity contribution in [3.63, 3.8) is 0 Å². The molecule has 1 atom stereocenters. The van der Waals surface area contributed by atoms with Gasteiger partial charge in [0.2, 0.25) is 0 Å². The van der Waals surface area contributed by atoms with Crippen molar-refractivity contribution in [3.05, 3.63) is 35.4 Å². The number of amides is 1. The molecule has 1 amide bonds. The first kappa shape index (κ1) is 13.7. The fourth-order valence-corrected chi connectivity index (χ4v) is 2.33. The van der Waals surface area contributed by atoms with Gasteiger partial charge in [0.15, 0.2) is 5.78 Å². The van der Waals surface area contributed by atoms with Crippen LogP contribution in [0, 0.1) is 0 Å². The van der Waals surface area contributed by atoms with E-state index < -0.39 is 0 Å². The predicted molar refractivity (Wildman–Crippen MR) is 72.4 cm³/mol. The Morgan fingerprint density at radius 2 is 1.95 bits per heavy atom. The van der Waals surface area contributed by atoms with E-state index >= 15 is 0 Å². The van der Waals surface area contributed by atoms with Gasteiger partial charge in [-0.25, -0.2) is 0 Å². The lowest BCUT2D eigenvalue weighted by Gasteiger charge is -2.23.